The Hall–Kier alpha value is -2.69. The van der Waals surface area contributed by atoms with Crippen LogP contribution >= 0.6 is 0 Å². The molecule has 0 saturated carbocycles. The van der Waals surface area contributed by atoms with Crippen LogP contribution in [0.3, 0.4) is 0 Å². The Labute approximate surface area is 147 Å². The van der Waals surface area contributed by atoms with E-state index in [1.807, 2.05) is 42.4 Å². The number of benzene rings is 1. The zero-order valence-corrected chi connectivity index (χ0v) is 14.4. The molecule has 0 aliphatic carbocycles. The second kappa shape index (κ2) is 6.67. The first-order chi connectivity index (χ1) is 12.2. The van der Waals surface area contributed by atoms with E-state index in [9.17, 15) is 4.79 Å². The molecule has 2 aromatic heterocycles. The normalized spacial score (nSPS) is 17.3. The average Bonchev–Trinajstić information content (AvgIpc) is 3.26. The Balaban J connectivity index is 1.42. The molecule has 1 saturated heterocycles. The van der Waals surface area contributed by atoms with Crippen LogP contribution in [0, 0.1) is 0 Å². The summed E-state index contributed by atoms with van der Waals surface area (Å²) in [7, 11) is 2.03. The van der Waals surface area contributed by atoms with Gasteiger partial charge in [0.1, 0.15) is 5.82 Å². The van der Waals surface area contributed by atoms with Gasteiger partial charge in [0.25, 0.3) is 0 Å². The summed E-state index contributed by atoms with van der Waals surface area (Å²) in [4.78, 5) is 23.5. The number of aryl methyl sites for hydroxylation is 2. The number of nitrogens with zero attached hydrogens (tertiary/aromatic N) is 4. The van der Waals surface area contributed by atoms with E-state index in [4.69, 9.17) is 4.98 Å². The minimum absolute atomic E-state index is 0.242. The van der Waals surface area contributed by atoms with Crippen LogP contribution in [0.2, 0.25) is 0 Å². The quantitative estimate of drug-likeness (QED) is 0.737. The number of amides is 1. The van der Waals surface area contributed by atoms with E-state index in [-0.39, 0.29) is 5.91 Å². The number of fused-ring (bicyclic) bond motifs is 1. The molecule has 4 rings (SSSR count). The zero-order valence-electron chi connectivity index (χ0n) is 14.4. The molecule has 1 aliphatic rings. The number of hydrogen-bond donors (Lipinski definition) is 0. The van der Waals surface area contributed by atoms with Crippen molar-refractivity contribution in [3.8, 4) is 0 Å². The maximum atomic E-state index is 12.5. The number of imidazole rings is 1. The van der Waals surface area contributed by atoms with Gasteiger partial charge in [-0.05, 0) is 24.5 Å². The van der Waals surface area contributed by atoms with Crippen molar-refractivity contribution >= 4 is 16.9 Å². The molecule has 1 amide bonds. The van der Waals surface area contributed by atoms with E-state index in [1.54, 1.807) is 6.20 Å². The summed E-state index contributed by atoms with van der Waals surface area (Å²) < 4.78 is 2.12. The summed E-state index contributed by atoms with van der Waals surface area (Å²) in [6, 6.07) is 12.1. The highest BCUT2D eigenvalue weighted by Crippen LogP contribution is 2.29. The van der Waals surface area contributed by atoms with Gasteiger partial charge in [-0.2, -0.15) is 0 Å². The summed E-state index contributed by atoms with van der Waals surface area (Å²) in [5.74, 6) is 1.60. The van der Waals surface area contributed by atoms with E-state index in [0.29, 0.717) is 12.3 Å². The van der Waals surface area contributed by atoms with Crippen LogP contribution in [0.4, 0.5) is 0 Å². The number of rotatable bonds is 4. The molecule has 0 bridgehead atoms. The van der Waals surface area contributed by atoms with Crippen LogP contribution in [0.5, 0.6) is 0 Å². The molecule has 1 atom stereocenters. The van der Waals surface area contributed by atoms with Crippen LogP contribution in [0.1, 0.15) is 30.1 Å². The van der Waals surface area contributed by atoms with E-state index < -0.39 is 0 Å². The second-order valence-electron chi connectivity index (χ2n) is 6.70. The van der Waals surface area contributed by atoms with E-state index in [0.717, 1.165) is 42.8 Å². The Morgan fingerprint density at radius 1 is 1.24 bits per heavy atom. The van der Waals surface area contributed by atoms with Gasteiger partial charge in [0.15, 0.2) is 0 Å². The van der Waals surface area contributed by atoms with Gasteiger partial charge in [0.05, 0.1) is 17.2 Å². The third-order valence-corrected chi connectivity index (χ3v) is 5.09. The largest absolute Gasteiger partial charge is 0.342 e. The number of carbonyl (C=O) groups is 1. The van der Waals surface area contributed by atoms with Gasteiger partial charge in [-0.1, -0.05) is 30.3 Å². The molecule has 1 aliphatic heterocycles. The van der Waals surface area contributed by atoms with Crippen molar-refractivity contribution in [2.75, 3.05) is 13.1 Å². The number of likely N-dealkylation sites (tertiary alicyclic amines) is 1. The van der Waals surface area contributed by atoms with Crippen molar-refractivity contribution in [2.24, 2.45) is 7.05 Å². The molecule has 0 N–H and O–H groups in total. The van der Waals surface area contributed by atoms with Gasteiger partial charge in [-0.3, -0.25) is 9.78 Å². The van der Waals surface area contributed by atoms with Crippen molar-refractivity contribution in [2.45, 2.75) is 25.2 Å². The highest BCUT2D eigenvalue weighted by Gasteiger charge is 2.30. The maximum Gasteiger partial charge on any atom is 0.222 e. The molecular weight excluding hydrogens is 312 g/mol. The van der Waals surface area contributed by atoms with Crippen LogP contribution in [0.15, 0.2) is 48.8 Å². The van der Waals surface area contributed by atoms with Crippen molar-refractivity contribution in [1.82, 2.24) is 19.4 Å². The molecular formula is C20H22N4O. The molecule has 1 aromatic carbocycles. The topological polar surface area (TPSA) is 51.0 Å². The first kappa shape index (κ1) is 15.8. The average molecular weight is 334 g/mol. The third kappa shape index (κ3) is 3.14. The number of carbonyl (C=O) groups excluding carboxylic acids is 1. The summed E-state index contributed by atoms with van der Waals surface area (Å²) in [6.07, 6.45) is 5.97. The smallest absolute Gasteiger partial charge is 0.222 e. The fourth-order valence-corrected chi connectivity index (χ4v) is 3.67. The Morgan fingerprint density at radius 3 is 2.88 bits per heavy atom. The predicted molar refractivity (Wildman–Crippen MR) is 97.2 cm³/mol. The molecule has 5 nitrogen and oxygen atoms in total. The molecule has 0 radical (unpaired) electrons. The van der Waals surface area contributed by atoms with Crippen LogP contribution in [0.25, 0.3) is 11.0 Å². The lowest BCUT2D eigenvalue weighted by atomic mass is 10.1. The highest BCUT2D eigenvalue weighted by atomic mass is 16.2. The summed E-state index contributed by atoms with van der Waals surface area (Å²) in [5, 5.41) is 0. The lowest BCUT2D eigenvalue weighted by Gasteiger charge is -2.16. The van der Waals surface area contributed by atoms with Gasteiger partial charge < -0.3 is 9.47 Å². The number of aromatic nitrogens is 3. The highest BCUT2D eigenvalue weighted by molar-refractivity contribution is 5.77. The summed E-state index contributed by atoms with van der Waals surface area (Å²) in [6.45, 7) is 1.58. The van der Waals surface area contributed by atoms with Crippen LogP contribution in [-0.4, -0.2) is 38.4 Å². The molecule has 3 heterocycles. The molecule has 3 aromatic rings. The van der Waals surface area contributed by atoms with E-state index in [2.05, 4.69) is 21.7 Å². The van der Waals surface area contributed by atoms with Crippen molar-refractivity contribution < 1.29 is 4.79 Å². The molecule has 5 heteroatoms. The Bertz CT molecular complexity index is 887. The van der Waals surface area contributed by atoms with Crippen molar-refractivity contribution in [1.29, 1.82) is 0 Å². The minimum atomic E-state index is 0.242. The fraction of sp³-hybridized carbons (Fsp3) is 0.350. The van der Waals surface area contributed by atoms with E-state index >= 15 is 0 Å². The Kier molecular flexibility index (Phi) is 4.22. The van der Waals surface area contributed by atoms with Crippen molar-refractivity contribution in [3.63, 3.8) is 0 Å². The molecule has 25 heavy (non-hydrogen) atoms. The molecule has 0 unspecified atom stereocenters. The van der Waals surface area contributed by atoms with Gasteiger partial charge in [-0.25, -0.2) is 4.98 Å². The van der Waals surface area contributed by atoms with Gasteiger partial charge in [0.2, 0.25) is 5.91 Å². The standard InChI is InChI=1S/C20H22N4O/c1-23-18-13-21-11-9-17(18)22-20(23)16-10-12-24(14-16)19(25)8-7-15-5-3-2-4-6-15/h2-6,9,11,13,16H,7-8,10,12,14H2,1H3/t16-/m1/s1. The Morgan fingerprint density at radius 2 is 2.08 bits per heavy atom. The molecule has 1 fully saturated rings. The van der Waals surface area contributed by atoms with Crippen molar-refractivity contribution in [3.05, 3.63) is 60.2 Å². The first-order valence-corrected chi connectivity index (χ1v) is 8.80. The maximum absolute atomic E-state index is 12.5. The number of pyridine rings is 1. The lowest BCUT2D eigenvalue weighted by Crippen LogP contribution is -2.28. The minimum Gasteiger partial charge on any atom is -0.342 e. The molecule has 0 spiro atoms. The SMILES string of the molecule is Cn1c([C@@H]2CCN(C(=O)CCc3ccccc3)C2)nc2ccncc21. The van der Waals surface area contributed by atoms with Gasteiger partial charge >= 0.3 is 0 Å². The fourth-order valence-electron chi connectivity index (χ4n) is 3.67. The second-order valence-corrected chi connectivity index (χ2v) is 6.70. The first-order valence-electron chi connectivity index (χ1n) is 8.80. The molecule has 128 valence electrons. The monoisotopic (exact) mass is 334 g/mol. The van der Waals surface area contributed by atoms with Gasteiger partial charge in [-0.15, -0.1) is 0 Å². The van der Waals surface area contributed by atoms with Crippen LogP contribution < -0.4 is 0 Å². The van der Waals surface area contributed by atoms with E-state index in [1.165, 1.54) is 5.56 Å². The predicted octanol–water partition coefficient (Wildman–Crippen LogP) is 2.92. The van der Waals surface area contributed by atoms with Crippen LogP contribution in [-0.2, 0) is 18.3 Å². The number of hydrogen-bond acceptors (Lipinski definition) is 3. The van der Waals surface area contributed by atoms with Gasteiger partial charge in [0, 0.05) is 38.7 Å². The lowest BCUT2D eigenvalue weighted by molar-refractivity contribution is -0.130. The summed E-state index contributed by atoms with van der Waals surface area (Å²) >= 11 is 0. The third-order valence-electron chi connectivity index (χ3n) is 5.09. The zero-order chi connectivity index (χ0) is 17.2. The summed E-state index contributed by atoms with van der Waals surface area (Å²) in [5.41, 5.74) is 3.24.